The van der Waals surface area contributed by atoms with Crippen LogP contribution in [0.2, 0.25) is 0 Å². The number of amides is 1. The summed E-state index contributed by atoms with van der Waals surface area (Å²) in [5, 5.41) is 3.28. The molecule has 0 atom stereocenters. The number of aryl methyl sites for hydroxylation is 2. The first-order chi connectivity index (χ1) is 14.1. The maximum absolute atomic E-state index is 12.6. The Bertz CT molecular complexity index is 982. The Balaban J connectivity index is 1.43. The quantitative estimate of drug-likeness (QED) is 0.740. The van der Waals surface area contributed by atoms with E-state index in [0.29, 0.717) is 24.6 Å². The van der Waals surface area contributed by atoms with E-state index in [2.05, 4.69) is 39.2 Å². The lowest BCUT2D eigenvalue weighted by Crippen LogP contribution is -2.49. The monoisotopic (exact) mass is 388 g/mol. The van der Waals surface area contributed by atoms with Crippen molar-refractivity contribution in [2.24, 2.45) is 0 Å². The predicted octanol–water partition coefficient (Wildman–Crippen LogP) is 3.19. The lowest BCUT2D eigenvalue weighted by Gasteiger charge is -2.35. The highest BCUT2D eigenvalue weighted by Gasteiger charge is 2.23. The van der Waals surface area contributed by atoms with Gasteiger partial charge < -0.3 is 15.1 Å². The Labute approximate surface area is 170 Å². The highest BCUT2D eigenvalue weighted by molar-refractivity contribution is 5.94. The van der Waals surface area contributed by atoms with Gasteiger partial charge in [0.2, 0.25) is 5.95 Å². The molecule has 0 radical (unpaired) electrons. The van der Waals surface area contributed by atoms with Crippen molar-refractivity contribution in [3.63, 3.8) is 0 Å². The molecule has 1 fully saturated rings. The minimum atomic E-state index is 0.0487. The van der Waals surface area contributed by atoms with Gasteiger partial charge in [0.25, 0.3) is 5.91 Å². The topological polar surface area (TPSA) is 74.2 Å². The van der Waals surface area contributed by atoms with Gasteiger partial charge in [-0.15, -0.1) is 0 Å². The molecule has 1 N–H and O–H groups in total. The fraction of sp³-hybridized carbons (Fsp3) is 0.273. The largest absolute Gasteiger partial charge is 0.353 e. The minimum Gasteiger partial charge on any atom is -0.353 e. The molecule has 1 aliphatic rings. The van der Waals surface area contributed by atoms with E-state index in [-0.39, 0.29) is 5.91 Å². The lowest BCUT2D eigenvalue weighted by atomic mass is 10.2. The van der Waals surface area contributed by atoms with Crippen molar-refractivity contribution in [2.45, 2.75) is 13.8 Å². The lowest BCUT2D eigenvalue weighted by molar-refractivity contribution is 0.0746. The zero-order valence-corrected chi connectivity index (χ0v) is 16.7. The first kappa shape index (κ1) is 18.9. The molecule has 3 heterocycles. The number of benzene rings is 1. The molecule has 29 heavy (non-hydrogen) atoms. The van der Waals surface area contributed by atoms with E-state index in [1.54, 1.807) is 24.5 Å². The van der Waals surface area contributed by atoms with Gasteiger partial charge in [0.05, 0.1) is 0 Å². The van der Waals surface area contributed by atoms with Crippen LogP contribution in [0.1, 0.15) is 21.6 Å². The van der Waals surface area contributed by atoms with Crippen molar-refractivity contribution >= 4 is 23.4 Å². The number of nitrogens with zero attached hydrogens (tertiary/aromatic N) is 5. The van der Waals surface area contributed by atoms with Crippen LogP contribution in [-0.2, 0) is 0 Å². The van der Waals surface area contributed by atoms with Gasteiger partial charge in [0, 0.05) is 61.6 Å². The summed E-state index contributed by atoms with van der Waals surface area (Å²) >= 11 is 0. The Hall–Kier alpha value is -3.48. The number of hydrogen-bond donors (Lipinski definition) is 1. The molecule has 148 valence electrons. The Morgan fingerprint density at radius 3 is 2.31 bits per heavy atom. The summed E-state index contributed by atoms with van der Waals surface area (Å²) in [4.78, 5) is 29.9. The van der Waals surface area contributed by atoms with E-state index < -0.39 is 0 Å². The molecule has 3 aromatic rings. The third-order valence-electron chi connectivity index (χ3n) is 4.97. The maximum Gasteiger partial charge on any atom is 0.254 e. The number of carbonyl (C=O) groups excluding carboxylic acids is 1. The van der Waals surface area contributed by atoms with Crippen molar-refractivity contribution in [3.05, 3.63) is 71.7 Å². The zero-order valence-electron chi connectivity index (χ0n) is 16.7. The number of rotatable bonds is 4. The third kappa shape index (κ3) is 4.51. The number of anilines is 3. The van der Waals surface area contributed by atoms with E-state index in [1.165, 1.54) is 5.56 Å². The number of carbonyl (C=O) groups is 1. The number of hydrogen-bond acceptors (Lipinski definition) is 6. The molecule has 2 aromatic heterocycles. The maximum atomic E-state index is 12.6. The number of nitrogens with one attached hydrogen (secondary N) is 1. The van der Waals surface area contributed by atoms with E-state index in [0.717, 1.165) is 30.3 Å². The molecule has 7 heteroatoms. The molecule has 1 saturated heterocycles. The molecule has 0 unspecified atom stereocenters. The predicted molar refractivity (Wildman–Crippen MR) is 114 cm³/mol. The molecular formula is C22H24N6O. The van der Waals surface area contributed by atoms with Crippen LogP contribution in [0.5, 0.6) is 0 Å². The second kappa shape index (κ2) is 8.26. The van der Waals surface area contributed by atoms with Crippen LogP contribution in [0.15, 0.2) is 54.9 Å². The molecule has 1 aromatic carbocycles. The zero-order chi connectivity index (χ0) is 20.2. The van der Waals surface area contributed by atoms with Gasteiger partial charge in [-0.25, -0.2) is 4.98 Å². The number of aromatic nitrogens is 3. The van der Waals surface area contributed by atoms with Gasteiger partial charge in [-0.2, -0.15) is 4.98 Å². The summed E-state index contributed by atoms with van der Waals surface area (Å²) < 4.78 is 0. The average Bonchev–Trinajstić information content (AvgIpc) is 2.75. The van der Waals surface area contributed by atoms with Crippen LogP contribution in [0.3, 0.4) is 0 Å². The van der Waals surface area contributed by atoms with E-state index >= 15 is 0 Å². The van der Waals surface area contributed by atoms with Crippen molar-refractivity contribution in [1.82, 2.24) is 19.9 Å². The van der Waals surface area contributed by atoms with Gasteiger partial charge in [0.1, 0.15) is 5.82 Å². The number of piperazine rings is 1. The summed E-state index contributed by atoms with van der Waals surface area (Å²) in [5.74, 6) is 1.51. The molecule has 0 aliphatic carbocycles. The molecule has 1 aliphatic heterocycles. The molecule has 1 amide bonds. The van der Waals surface area contributed by atoms with Crippen LogP contribution in [0, 0.1) is 13.8 Å². The van der Waals surface area contributed by atoms with E-state index in [9.17, 15) is 4.79 Å². The second-order valence-corrected chi connectivity index (χ2v) is 7.20. The van der Waals surface area contributed by atoms with E-state index in [4.69, 9.17) is 4.98 Å². The first-order valence-corrected chi connectivity index (χ1v) is 9.72. The molecule has 0 spiro atoms. The summed E-state index contributed by atoms with van der Waals surface area (Å²) in [6, 6.07) is 13.6. The number of pyridine rings is 1. The Morgan fingerprint density at radius 2 is 1.62 bits per heavy atom. The Morgan fingerprint density at radius 1 is 0.931 bits per heavy atom. The second-order valence-electron chi connectivity index (χ2n) is 7.20. The standard InChI is InChI=1S/C22H24N6O/c1-16-3-5-19(6-4-16)25-22-24-17(2)15-20(26-22)27-11-13-28(14-12-27)21(29)18-7-9-23-10-8-18/h3-10,15H,11-14H2,1-2H3,(H,24,25,26). The summed E-state index contributed by atoms with van der Waals surface area (Å²) in [7, 11) is 0. The fourth-order valence-corrected chi connectivity index (χ4v) is 3.35. The van der Waals surface area contributed by atoms with Gasteiger partial charge in [-0.1, -0.05) is 17.7 Å². The Kier molecular flexibility index (Phi) is 5.37. The van der Waals surface area contributed by atoms with Crippen molar-refractivity contribution in [3.8, 4) is 0 Å². The van der Waals surface area contributed by atoms with Crippen LogP contribution in [0.4, 0.5) is 17.5 Å². The molecule has 0 bridgehead atoms. The summed E-state index contributed by atoms with van der Waals surface area (Å²) in [6.07, 6.45) is 3.30. The van der Waals surface area contributed by atoms with Gasteiger partial charge in [0.15, 0.2) is 0 Å². The highest BCUT2D eigenvalue weighted by atomic mass is 16.2. The highest BCUT2D eigenvalue weighted by Crippen LogP contribution is 2.20. The molecule has 4 rings (SSSR count). The fourth-order valence-electron chi connectivity index (χ4n) is 3.35. The van der Waals surface area contributed by atoms with Crippen LogP contribution in [-0.4, -0.2) is 51.9 Å². The van der Waals surface area contributed by atoms with Gasteiger partial charge in [-0.3, -0.25) is 9.78 Å². The normalized spacial score (nSPS) is 14.0. The summed E-state index contributed by atoms with van der Waals surface area (Å²) in [5.41, 5.74) is 3.75. The average molecular weight is 388 g/mol. The van der Waals surface area contributed by atoms with Crippen LogP contribution < -0.4 is 10.2 Å². The van der Waals surface area contributed by atoms with Crippen molar-refractivity contribution in [1.29, 1.82) is 0 Å². The molecule has 0 saturated carbocycles. The minimum absolute atomic E-state index is 0.0487. The van der Waals surface area contributed by atoms with Crippen molar-refractivity contribution in [2.75, 3.05) is 36.4 Å². The third-order valence-corrected chi connectivity index (χ3v) is 4.97. The first-order valence-electron chi connectivity index (χ1n) is 9.72. The van der Waals surface area contributed by atoms with Gasteiger partial charge >= 0.3 is 0 Å². The molecular weight excluding hydrogens is 364 g/mol. The SMILES string of the molecule is Cc1ccc(Nc2nc(C)cc(N3CCN(C(=O)c4ccncc4)CC3)n2)cc1. The van der Waals surface area contributed by atoms with Gasteiger partial charge in [-0.05, 0) is 38.1 Å². The van der Waals surface area contributed by atoms with Crippen molar-refractivity contribution < 1.29 is 4.79 Å². The smallest absolute Gasteiger partial charge is 0.254 e. The van der Waals surface area contributed by atoms with Crippen LogP contribution >= 0.6 is 0 Å². The van der Waals surface area contributed by atoms with E-state index in [1.807, 2.05) is 30.0 Å². The van der Waals surface area contributed by atoms with Crippen LogP contribution in [0.25, 0.3) is 0 Å². The molecule has 7 nitrogen and oxygen atoms in total. The summed E-state index contributed by atoms with van der Waals surface area (Å²) in [6.45, 7) is 6.81.